The predicted molar refractivity (Wildman–Crippen MR) is 164 cm³/mol. The lowest BCUT2D eigenvalue weighted by Crippen LogP contribution is -2.20. The lowest BCUT2D eigenvalue weighted by Gasteiger charge is -2.13. The third kappa shape index (κ3) is 5.32. The number of carbonyl (C=O) groups is 2. The van der Waals surface area contributed by atoms with E-state index in [9.17, 15) is 9.59 Å². The first kappa shape index (κ1) is 28.4. The van der Waals surface area contributed by atoms with Gasteiger partial charge in [-0.3, -0.25) is 14.6 Å². The molecule has 2 atom stereocenters. The van der Waals surface area contributed by atoms with Crippen molar-refractivity contribution in [2.24, 2.45) is 17.3 Å². The number of anilines is 2. The van der Waals surface area contributed by atoms with Crippen LogP contribution in [0.1, 0.15) is 18.9 Å². The van der Waals surface area contributed by atoms with Crippen LogP contribution in [0.2, 0.25) is 0 Å². The molecule has 2 aromatic heterocycles. The number of halogens is 1. The van der Waals surface area contributed by atoms with Gasteiger partial charge in [-0.15, -0.1) is 11.3 Å². The second-order valence-corrected chi connectivity index (χ2v) is 12.2. The van der Waals surface area contributed by atoms with Gasteiger partial charge in [0.25, 0.3) is 0 Å². The minimum absolute atomic E-state index is 0.0302. The van der Waals surface area contributed by atoms with Gasteiger partial charge in [0, 0.05) is 35.1 Å². The highest BCUT2D eigenvalue weighted by atomic mass is 32.1. The molecule has 0 aliphatic heterocycles. The van der Waals surface area contributed by atoms with Gasteiger partial charge in [-0.1, -0.05) is 13.8 Å². The molecule has 0 radical (unpaired) electrons. The molecule has 1 fully saturated rings. The van der Waals surface area contributed by atoms with Crippen molar-refractivity contribution in [2.75, 3.05) is 24.9 Å². The maximum Gasteiger partial charge on any atom is 0.228 e. The zero-order valence-electron chi connectivity index (χ0n) is 24.2. The number of rotatable bonds is 8. The Bertz CT molecular complexity index is 1910. The van der Waals surface area contributed by atoms with Crippen molar-refractivity contribution in [1.82, 2.24) is 9.97 Å². The molecule has 43 heavy (non-hydrogen) atoms. The van der Waals surface area contributed by atoms with Gasteiger partial charge >= 0.3 is 0 Å². The van der Waals surface area contributed by atoms with E-state index >= 15 is 4.39 Å². The standard InChI is InChI=1S/C32H29FN4O5S/c1-16-35-21-8-6-18(13-27(21)43-16)37-31(39)29-28(32(29,2)3)30(38)36-17-7-9-24(20(33)12-17)42-23-10-11-34-22-15-26(41-5)25(40-4)14-19(22)23/h6-15,28-29H,1-5H3,(H,36,38)(H,37,39)/t28-,29+/m0/s1. The molecule has 2 heterocycles. The molecule has 1 saturated carbocycles. The van der Waals surface area contributed by atoms with Gasteiger partial charge in [-0.05, 0) is 54.8 Å². The number of ether oxygens (including phenoxy) is 3. The number of aromatic nitrogens is 2. The number of amides is 2. The number of hydrogen-bond donors (Lipinski definition) is 2. The van der Waals surface area contributed by atoms with Crippen molar-refractivity contribution < 1.29 is 28.2 Å². The Hall–Kier alpha value is -4.77. The number of nitrogens with one attached hydrogen (secondary N) is 2. The van der Waals surface area contributed by atoms with Crippen molar-refractivity contribution >= 4 is 55.6 Å². The minimum atomic E-state index is -0.665. The summed E-state index contributed by atoms with van der Waals surface area (Å²) in [6, 6.07) is 14.8. The van der Waals surface area contributed by atoms with Crippen LogP contribution < -0.4 is 24.8 Å². The van der Waals surface area contributed by atoms with Crippen LogP contribution in [0.4, 0.5) is 15.8 Å². The molecule has 9 nitrogen and oxygen atoms in total. The molecule has 2 N–H and O–H groups in total. The SMILES string of the molecule is COc1cc2nccc(Oc3ccc(NC(=O)[C@@H]4[C@H](C(=O)Nc5ccc6nc(C)sc6c5)C4(C)C)cc3F)c2cc1OC. The third-order valence-corrected chi connectivity index (χ3v) is 8.71. The van der Waals surface area contributed by atoms with Crippen LogP contribution in [0.3, 0.4) is 0 Å². The number of benzene rings is 3. The van der Waals surface area contributed by atoms with Crippen LogP contribution in [-0.2, 0) is 9.59 Å². The second kappa shape index (κ2) is 10.8. The average molecular weight is 601 g/mol. The van der Waals surface area contributed by atoms with E-state index in [0.29, 0.717) is 33.8 Å². The predicted octanol–water partition coefficient (Wildman–Crippen LogP) is 6.95. The molecule has 0 bridgehead atoms. The zero-order valence-corrected chi connectivity index (χ0v) is 25.0. The lowest BCUT2D eigenvalue weighted by molar-refractivity contribution is -0.122. The molecule has 3 aromatic carbocycles. The van der Waals surface area contributed by atoms with E-state index in [1.165, 1.54) is 26.4 Å². The van der Waals surface area contributed by atoms with Crippen LogP contribution in [0.5, 0.6) is 23.0 Å². The van der Waals surface area contributed by atoms with E-state index < -0.39 is 23.1 Å². The quantitative estimate of drug-likeness (QED) is 0.198. The fraction of sp³-hybridized carbons (Fsp3) is 0.250. The minimum Gasteiger partial charge on any atom is -0.493 e. The van der Waals surface area contributed by atoms with Gasteiger partial charge in [-0.2, -0.15) is 0 Å². The van der Waals surface area contributed by atoms with E-state index in [2.05, 4.69) is 20.6 Å². The van der Waals surface area contributed by atoms with Gasteiger partial charge < -0.3 is 24.8 Å². The van der Waals surface area contributed by atoms with E-state index in [0.717, 1.165) is 15.2 Å². The fourth-order valence-electron chi connectivity index (χ4n) is 5.49. The monoisotopic (exact) mass is 600 g/mol. The van der Waals surface area contributed by atoms with Crippen LogP contribution in [0.25, 0.3) is 21.1 Å². The first-order chi connectivity index (χ1) is 20.6. The summed E-state index contributed by atoms with van der Waals surface area (Å²) in [5.41, 5.74) is 1.81. The summed E-state index contributed by atoms with van der Waals surface area (Å²) in [5.74, 6) is -1.02. The fourth-order valence-corrected chi connectivity index (χ4v) is 6.36. The lowest BCUT2D eigenvalue weighted by atomic mass is 10.1. The smallest absolute Gasteiger partial charge is 0.228 e. The number of fused-ring (bicyclic) bond motifs is 2. The summed E-state index contributed by atoms with van der Waals surface area (Å²) >= 11 is 1.55. The molecule has 220 valence electrons. The van der Waals surface area contributed by atoms with Gasteiger partial charge in [0.05, 0.1) is 46.8 Å². The van der Waals surface area contributed by atoms with Crippen molar-refractivity contribution in [2.45, 2.75) is 20.8 Å². The molecule has 5 aromatic rings. The number of carbonyl (C=O) groups excluding carboxylic acids is 2. The number of methoxy groups -OCH3 is 2. The molecular weight excluding hydrogens is 571 g/mol. The van der Waals surface area contributed by atoms with Crippen molar-refractivity contribution in [1.29, 1.82) is 0 Å². The maximum atomic E-state index is 15.2. The van der Waals surface area contributed by atoms with Gasteiger partial charge in [0.15, 0.2) is 23.1 Å². The molecule has 6 rings (SSSR count). The summed E-state index contributed by atoms with van der Waals surface area (Å²) in [6.45, 7) is 5.68. The zero-order chi connectivity index (χ0) is 30.5. The number of nitrogens with zero attached hydrogens (tertiary/aromatic N) is 2. The van der Waals surface area contributed by atoms with Crippen LogP contribution in [-0.4, -0.2) is 36.0 Å². The Morgan fingerprint density at radius 2 is 1.49 bits per heavy atom. The van der Waals surface area contributed by atoms with E-state index in [4.69, 9.17) is 14.2 Å². The van der Waals surface area contributed by atoms with Gasteiger partial charge in [0.1, 0.15) is 5.75 Å². The topological polar surface area (TPSA) is 112 Å². The van der Waals surface area contributed by atoms with E-state index in [1.807, 2.05) is 32.9 Å². The van der Waals surface area contributed by atoms with Gasteiger partial charge in [0.2, 0.25) is 11.8 Å². The van der Waals surface area contributed by atoms with Crippen molar-refractivity contribution in [3.05, 3.63) is 71.6 Å². The molecule has 0 saturated heterocycles. The third-order valence-electron chi connectivity index (χ3n) is 7.78. The Morgan fingerprint density at radius 3 is 2.16 bits per heavy atom. The van der Waals surface area contributed by atoms with Crippen LogP contribution >= 0.6 is 11.3 Å². The van der Waals surface area contributed by atoms with Crippen LogP contribution in [0.15, 0.2) is 60.8 Å². The summed E-state index contributed by atoms with van der Waals surface area (Å²) in [4.78, 5) is 35.1. The number of thiazole rings is 1. The summed E-state index contributed by atoms with van der Waals surface area (Å²) in [7, 11) is 3.05. The first-order valence-electron chi connectivity index (χ1n) is 13.6. The van der Waals surface area contributed by atoms with Crippen molar-refractivity contribution in [3.8, 4) is 23.0 Å². The molecule has 0 unspecified atom stereocenters. The number of pyridine rings is 1. The summed E-state index contributed by atoms with van der Waals surface area (Å²) in [5, 5.41) is 7.26. The average Bonchev–Trinajstić information content (AvgIpc) is 3.37. The maximum absolute atomic E-state index is 15.2. The Labute approximate surface area is 251 Å². The summed E-state index contributed by atoms with van der Waals surface area (Å²) in [6.07, 6.45) is 1.55. The molecule has 11 heteroatoms. The first-order valence-corrected chi connectivity index (χ1v) is 14.4. The summed E-state index contributed by atoms with van der Waals surface area (Å²) < 4.78 is 32.8. The van der Waals surface area contributed by atoms with Crippen LogP contribution in [0, 0.1) is 30.0 Å². The second-order valence-electron chi connectivity index (χ2n) is 11.0. The highest BCUT2D eigenvalue weighted by Crippen LogP contribution is 2.59. The Kier molecular flexibility index (Phi) is 7.13. The largest absolute Gasteiger partial charge is 0.493 e. The molecule has 2 amide bonds. The highest BCUT2D eigenvalue weighted by Gasteiger charge is 2.65. The van der Waals surface area contributed by atoms with Gasteiger partial charge in [-0.25, -0.2) is 9.37 Å². The van der Waals surface area contributed by atoms with Crippen molar-refractivity contribution in [3.63, 3.8) is 0 Å². The Balaban J connectivity index is 1.14. The van der Waals surface area contributed by atoms with E-state index in [1.54, 1.807) is 47.9 Å². The number of hydrogen-bond acceptors (Lipinski definition) is 8. The Morgan fingerprint density at radius 1 is 0.837 bits per heavy atom. The number of aryl methyl sites for hydroxylation is 1. The molecule has 1 aliphatic rings. The molecule has 1 aliphatic carbocycles. The molecular formula is C32H29FN4O5S. The highest BCUT2D eigenvalue weighted by molar-refractivity contribution is 7.18. The normalized spacial score (nSPS) is 17.0. The molecule has 0 spiro atoms. The van der Waals surface area contributed by atoms with E-state index in [-0.39, 0.29) is 23.3 Å².